The molecular formula is C19H29N3. The molecule has 1 heterocycles. The van der Waals surface area contributed by atoms with Crippen LogP contribution in [0.15, 0.2) is 49.6 Å². The molecule has 3 nitrogen and oxygen atoms in total. The molecule has 1 fully saturated rings. The Kier molecular flexibility index (Phi) is 6.84. The Bertz CT molecular complexity index is 450. The summed E-state index contributed by atoms with van der Waals surface area (Å²) in [6.07, 6.45) is 3.98. The first-order chi connectivity index (χ1) is 10.7. The van der Waals surface area contributed by atoms with E-state index in [9.17, 15) is 0 Å². The molecular weight excluding hydrogens is 270 g/mol. The molecule has 1 unspecified atom stereocenters. The maximum atomic E-state index is 3.92. The molecule has 1 saturated heterocycles. The first-order valence-corrected chi connectivity index (χ1v) is 8.20. The minimum absolute atomic E-state index is 0.384. The average Bonchev–Trinajstić information content (AvgIpc) is 2.54. The molecule has 1 aliphatic rings. The van der Waals surface area contributed by atoms with Gasteiger partial charge in [-0.15, -0.1) is 13.2 Å². The number of nitrogens with zero attached hydrogens (tertiary/aromatic N) is 2. The quantitative estimate of drug-likeness (QED) is 0.745. The Morgan fingerprint density at radius 2 is 1.73 bits per heavy atom. The van der Waals surface area contributed by atoms with E-state index in [0.29, 0.717) is 6.04 Å². The van der Waals surface area contributed by atoms with E-state index >= 15 is 0 Å². The summed E-state index contributed by atoms with van der Waals surface area (Å²) in [6.45, 7) is 17.2. The van der Waals surface area contributed by atoms with Crippen molar-refractivity contribution in [2.45, 2.75) is 13.0 Å². The smallest absolute Gasteiger partial charge is 0.0481 e. The van der Waals surface area contributed by atoms with E-state index in [-0.39, 0.29) is 0 Å². The summed E-state index contributed by atoms with van der Waals surface area (Å²) in [5.74, 6) is 0. The van der Waals surface area contributed by atoms with Gasteiger partial charge in [0.25, 0.3) is 0 Å². The largest absolute Gasteiger partial charge is 0.314 e. The van der Waals surface area contributed by atoms with E-state index in [2.05, 4.69) is 59.5 Å². The van der Waals surface area contributed by atoms with Crippen LogP contribution >= 0.6 is 0 Å². The molecule has 0 radical (unpaired) electrons. The molecule has 3 heteroatoms. The molecule has 0 bridgehead atoms. The summed E-state index contributed by atoms with van der Waals surface area (Å²) in [5.41, 5.74) is 2.69. The van der Waals surface area contributed by atoms with Crippen molar-refractivity contribution in [2.24, 2.45) is 0 Å². The van der Waals surface area contributed by atoms with Crippen molar-refractivity contribution in [3.05, 3.63) is 60.7 Å². The molecule has 0 aliphatic carbocycles. The SMILES string of the molecule is C=CCN(CC=C)C(CN1CCNCC1)c1ccc(C)cc1. The van der Waals surface area contributed by atoms with Crippen LogP contribution in [0.3, 0.4) is 0 Å². The maximum absolute atomic E-state index is 3.92. The Morgan fingerprint density at radius 3 is 2.27 bits per heavy atom. The first-order valence-electron chi connectivity index (χ1n) is 8.20. The lowest BCUT2D eigenvalue weighted by Gasteiger charge is -2.36. The lowest BCUT2D eigenvalue weighted by atomic mass is 10.0. The second-order valence-corrected chi connectivity index (χ2v) is 6.01. The number of hydrogen-bond donors (Lipinski definition) is 1. The monoisotopic (exact) mass is 299 g/mol. The standard InChI is InChI=1S/C19H29N3/c1-4-12-22(13-5-2)19(16-21-14-10-20-11-15-21)18-8-6-17(3)7-9-18/h4-9,19-20H,1-2,10-16H2,3H3. The van der Waals surface area contributed by atoms with E-state index in [1.165, 1.54) is 11.1 Å². The van der Waals surface area contributed by atoms with Gasteiger partial charge < -0.3 is 5.32 Å². The normalized spacial score (nSPS) is 17.4. The van der Waals surface area contributed by atoms with Crippen LogP contribution in [-0.4, -0.2) is 55.6 Å². The first kappa shape index (κ1) is 16.9. The van der Waals surface area contributed by atoms with Crippen molar-refractivity contribution < 1.29 is 0 Å². The Morgan fingerprint density at radius 1 is 1.14 bits per heavy atom. The third-order valence-corrected chi connectivity index (χ3v) is 4.27. The van der Waals surface area contributed by atoms with E-state index in [1.807, 2.05) is 12.2 Å². The Labute approximate surface area is 135 Å². The van der Waals surface area contributed by atoms with Crippen molar-refractivity contribution in [1.82, 2.24) is 15.1 Å². The van der Waals surface area contributed by atoms with Crippen LogP contribution in [-0.2, 0) is 0 Å². The van der Waals surface area contributed by atoms with Crippen LogP contribution in [0, 0.1) is 6.92 Å². The summed E-state index contributed by atoms with van der Waals surface area (Å²) in [7, 11) is 0. The van der Waals surface area contributed by atoms with Crippen molar-refractivity contribution in [1.29, 1.82) is 0 Å². The maximum Gasteiger partial charge on any atom is 0.0481 e. The Balaban J connectivity index is 2.18. The van der Waals surface area contributed by atoms with Crippen LogP contribution in [0.5, 0.6) is 0 Å². The zero-order valence-electron chi connectivity index (χ0n) is 13.8. The fraction of sp³-hybridized carbons (Fsp3) is 0.474. The molecule has 1 N–H and O–H groups in total. The highest BCUT2D eigenvalue weighted by molar-refractivity contribution is 5.25. The summed E-state index contributed by atoms with van der Waals surface area (Å²) in [4.78, 5) is 5.01. The van der Waals surface area contributed by atoms with Crippen LogP contribution in [0.1, 0.15) is 17.2 Å². The molecule has 1 aromatic carbocycles. The highest BCUT2D eigenvalue weighted by atomic mass is 15.2. The lowest BCUT2D eigenvalue weighted by Crippen LogP contribution is -2.47. The van der Waals surface area contributed by atoms with Gasteiger partial charge in [0.05, 0.1) is 0 Å². The van der Waals surface area contributed by atoms with Gasteiger partial charge in [-0.05, 0) is 12.5 Å². The van der Waals surface area contributed by atoms with Crippen molar-refractivity contribution >= 4 is 0 Å². The van der Waals surface area contributed by atoms with E-state index in [1.54, 1.807) is 0 Å². The molecule has 0 saturated carbocycles. The van der Waals surface area contributed by atoms with Crippen LogP contribution in [0.2, 0.25) is 0 Å². The minimum Gasteiger partial charge on any atom is -0.314 e. The number of benzene rings is 1. The highest BCUT2D eigenvalue weighted by Crippen LogP contribution is 2.23. The molecule has 0 amide bonds. The molecule has 2 rings (SSSR count). The van der Waals surface area contributed by atoms with E-state index in [4.69, 9.17) is 0 Å². The van der Waals surface area contributed by atoms with E-state index in [0.717, 1.165) is 45.8 Å². The second-order valence-electron chi connectivity index (χ2n) is 6.01. The molecule has 0 aromatic heterocycles. The molecule has 1 aliphatic heterocycles. The Hall–Kier alpha value is -1.42. The summed E-state index contributed by atoms with van der Waals surface area (Å²) in [6, 6.07) is 9.33. The number of piperazine rings is 1. The predicted octanol–water partition coefficient (Wildman–Crippen LogP) is 2.62. The van der Waals surface area contributed by atoms with Gasteiger partial charge in [0.15, 0.2) is 0 Å². The number of nitrogens with one attached hydrogen (secondary N) is 1. The van der Waals surface area contributed by atoms with Gasteiger partial charge >= 0.3 is 0 Å². The van der Waals surface area contributed by atoms with Crippen LogP contribution in [0.4, 0.5) is 0 Å². The minimum atomic E-state index is 0.384. The highest BCUT2D eigenvalue weighted by Gasteiger charge is 2.22. The number of aryl methyl sites for hydroxylation is 1. The predicted molar refractivity (Wildman–Crippen MR) is 95.2 cm³/mol. The van der Waals surface area contributed by atoms with Gasteiger partial charge in [-0.1, -0.05) is 42.0 Å². The van der Waals surface area contributed by atoms with Gasteiger partial charge in [0.1, 0.15) is 0 Å². The second kappa shape index (κ2) is 8.89. The molecule has 1 atom stereocenters. The van der Waals surface area contributed by atoms with Crippen molar-refractivity contribution in [2.75, 3.05) is 45.8 Å². The van der Waals surface area contributed by atoms with Gasteiger partial charge in [-0.25, -0.2) is 0 Å². The van der Waals surface area contributed by atoms with E-state index < -0.39 is 0 Å². The zero-order valence-corrected chi connectivity index (χ0v) is 13.8. The van der Waals surface area contributed by atoms with Gasteiger partial charge in [-0.3, -0.25) is 9.80 Å². The van der Waals surface area contributed by atoms with Crippen molar-refractivity contribution in [3.63, 3.8) is 0 Å². The third kappa shape index (κ3) is 4.80. The number of hydrogen-bond acceptors (Lipinski definition) is 3. The van der Waals surface area contributed by atoms with Gasteiger partial charge in [0, 0.05) is 51.9 Å². The fourth-order valence-electron chi connectivity index (χ4n) is 3.02. The summed E-state index contributed by atoms with van der Waals surface area (Å²) in [5, 5.41) is 3.43. The number of rotatable bonds is 8. The average molecular weight is 299 g/mol. The summed E-state index contributed by atoms with van der Waals surface area (Å²) < 4.78 is 0. The lowest BCUT2D eigenvalue weighted by molar-refractivity contribution is 0.149. The van der Waals surface area contributed by atoms with Crippen LogP contribution < -0.4 is 5.32 Å². The molecule has 0 spiro atoms. The fourth-order valence-corrected chi connectivity index (χ4v) is 3.02. The zero-order chi connectivity index (χ0) is 15.8. The molecule has 1 aromatic rings. The molecule has 22 heavy (non-hydrogen) atoms. The van der Waals surface area contributed by atoms with Gasteiger partial charge in [0.2, 0.25) is 0 Å². The molecule has 120 valence electrons. The third-order valence-electron chi connectivity index (χ3n) is 4.27. The van der Waals surface area contributed by atoms with Crippen LogP contribution in [0.25, 0.3) is 0 Å². The summed E-state index contributed by atoms with van der Waals surface area (Å²) >= 11 is 0. The topological polar surface area (TPSA) is 18.5 Å². The van der Waals surface area contributed by atoms with Crippen molar-refractivity contribution in [3.8, 4) is 0 Å². The van der Waals surface area contributed by atoms with Gasteiger partial charge in [-0.2, -0.15) is 0 Å².